The van der Waals surface area contributed by atoms with Gasteiger partial charge in [-0.25, -0.2) is 4.98 Å². The van der Waals surface area contributed by atoms with Gasteiger partial charge in [0.05, 0.1) is 29.3 Å². The Morgan fingerprint density at radius 2 is 2.36 bits per heavy atom. The molecule has 0 bridgehead atoms. The Labute approximate surface area is 132 Å². The van der Waals surface area contributed by atoms with Gasteiger partial charge in [-0.1, -0.05) is 23.9 Å². The number of para-hydroxylation sites is 1. The third kappa shape index (κ3) is 3.66. The minimum absolute atomic E-state index is 0.129. The van der Waals surface area contributed by atoms with Crippen LogP contribution in [0.2, 0.25) is 0 Å². The Bertz CT molecular complexity index is 738. The van der Waals surface area contributed by atoms with Crippen LogP contribution in [0.5, 0.6) is 0 Å². The first-order chi connectivity index (χ1) is 10.7. The van der Waals surface area contributed by atoms with E-state index in [-0.39, 0.29) is 11.7 Å². The molecule has 0 saturated carbocycles. The molecule has 1 atom stereocenters. The van der Waals surface area contributed by atoms with E-state index in [2.05, 4.69) is 15.0 Å². The summed E-state index contributed by atoms with van der Waals surface area (Å²) in [4.78, 5) is 23.5. The van der Waals surface area contributed by atoms with E-state index in [0.717, 1.165) is 19.4 Å². The molecule has 1 aromatic heterocycles. The number of thioether (sulfide) groups is 1. The highest BCUT2D eigenvalue weighted by atomic mass is 32.2. The zero-order valence-corrected chi connectivity index (χ0v) is 12.9. The number of benzene rings is 1. The van der Waals surface area contributed by atoms with Crippen molar-refractivity contribution < 1.29 is 4.74 Å². The summed E-state index contributed by atoms with van der Waals surface area (Å²) < 4.78 is 5.50. The molecule has 3 rings (SSSR count). The standard InChI is InChI=1S/C15H18N4O2S/c16-15(17-8-10-4-3-7-21-10)22-9-13-18-12-6-2-1-5-11(12)14(20)19-13/h1-2,5-6,10H,3-4,7-9H2,(H2,16,17)(H,18,19,20)/t10-/m0/s1. The Kier molecular flexibility index (Phi) is 4.74. The lowest BCUT2D eigenvalue weighted by molar-refractivity contribution is 0.118. The molecule has 2 heterocycles. The number of fused-ring (bicyclic) bond motifs is 1. The zero-order chi connectivity index (χ0) is 15.4. The van der Waals surface area contributed by atoms with E-state index in [1.165, 1.54) is 11.8 Å². The van der Waals surface area contributed by atoms with Crippen molar-refractivity contribution in [1.29, 1.82) is 0 Å². The van der Waals surface area contributed by atoms with Gasteiger partial charge in [-0.15, -0.1) is 0 Å². The van der Waals surface area contributed by atoms with E-state index < -0.39 is 0 Å². The topological polar surface area (TPSA) is 93.4 Å². The van der Waals surface area contributed by atoms with Crippen molar-refractivity contribution >= 4 is 27.8 Å². The molecule has 1 fully saturated rings. The summed E-state index contributed by atoms with van der Waals surface area (Å²) in [5, 5.41) is 1.09. The van der Waals surface area contributed by atoms with Gasteiger partial charge in [-0.2, -0.15) is 0 Å². The first-order valence-corrected chi connectivity index (χ1v) is 8.23. The SMILES string of the molecule is NC(=NC[C@@H]1CCCO1)SCc1nc2ccccc2c(=O)[nH]1. The fourth-order valence-corrected chi connectivity index (χ4v) is 2.96. The van der Waals surface area contributed by atoms with Crippen LogP contribution in [0, 0.1) is 0 Å². The highest BCUT2D eigenvalue weighted by Gasteiger charge is 2.14. The van der Waals surface area contributed by atoms with E-state index in [1.807, 2.05) is 18.2 Å². The molecule has 0 unspecified atom stereocenters. The maximum Gasteiger partial charge on any atom is 0.258 e. The molecule has 3 N–H and O–H groups in total. The number of rotatable bonds is 4. The Morgan fingerprint density at radius 3 is 3.18 bits per heavy atom. The minimum atomic E-state index is -0.129. The van der Waals surface area contributed by atoms with Crippen LogP contribution >= 0.6 is 11.8 Å². The Morgan fingerprint density at radius 1 is 1.50 bits per heavy atom. The largest absolute Gasteiger partial charge is 0.379 e. The third-order valence-corrected chi connectivity index (χ3v) is 4.34. The number of aliphatic imine (C=N–C) groups is 1. The molecular formula is C15H18N4O2S. The summed E-state index contributed by atoms with van der Waals surface area (Å²) in [5.41, 5.74) is 6.45. The van der Waals surface area contributed by atoms with Gasteiger partial charge >= 0.3 is 0 Å². The summed E-state index contributed by atoms with van der Waals surface area (Å²) >= 11 is 1.37. The van der Waals surface area contributed by atoms with Crippen LogP contribution in [-0.4, -0.2) is 34.4 Å². The average Bonchev–Trinajstić information content (AvgIpc) is 3.04. The molecule has 1 aromatic carbocycles. The predicted octanol–water partition coefficient (Wildman–Crippen LogP) is 1.65. The molecule has 1 aliphatic heterocycles. The van der Waals surface area contributed by atoms with Crippen LogP contribution < -0.4 is 11.3 Å². The lowest BCUT2D eigenvalue weighted by atomic mass is 10.2. The van der Waals surface area contributed by atoms with Crippen molar-refractivity contribution in [2.24, 2.45) is 10.7 Å². The van der Waals surface area contributed by atoms with Gasteiger partial charge < -0.3 is 15.5 Å². The van der Waals surface area contributed by atoms with Gasteiger partial charge in [-0.3, -0.25) is 9.79 Å². The normalized spacial score (nSPS) is 18.9. The molecular weight excluding hydrogens is 300 g/mol. The molecule has 22 heavy (non-hydrogen) atoms. The van der Waals surface area contributed by atoms with Crippen LogP contribution in [0.25, 0.3) is 10.9 Å². The number of nitrogens with one attached hydrogen (secondary N) is 1. The number of aromatic nitrogens is 2. The molecule has 1 saturated heterocycles. The van der Waals surface area contributed by atoms with Crippen molar-refractivity contribution in [3.63, 3.8) is 0 Å². The second-order valence-electron chi connectivity index (χ2n) is 5.13. The quantitative estimate of drug-likeness (QED) is 0.660. The van der Waals surface area contributed by atoms with Crippen molar-refractivity contribution in [2.45, 2.75) is 24.7 Å². The summed E-state index contributed by atoms with van der Waals surface area (Å²) in [6.07, 6.45) is 2.33. The number of amidine groups is 1. The van der Waals surface area contributed by atoms with E-state index >= 15 is 0 Å². The first-order valence-electron chi connectivity index (χ1n) is 7.24. The van der Waals surface area contributed by atoms with E-state index in [1.54, 1.807) is 6.07 Å². The molecule has 0 spiro atoms. The smallest absolute Gasteiger partial charge is 0.258 e. The second-order valence-corrected chi connectivity index (χ2v) is 6.13. The van der Waals surface area contributed by atoms with Crippen LogP contribution in [0.4, 0.5) is 0 Å². The maximum atomic E-state index is 12.0. The highest BCUT2D eigenvalue weighted by Crippen LogP contribution is 2.14. The van der Waals surface area contributed by atoms with Gasteiger partial charge in [0.15, 0.2) is 5.17 Å². The first kappa shape index (κ1) is 15.1. The van der Waals surface area contributed by atoms with Crippen molar-refractivity contribution in [3.05, 3.63) is 40.4 Å². The number of hydrogen-bond acceptors (Lipinski definition) is 5. The van der Waals surface area contributed by atoms with Crippen LogP contribution in [0.15, 0.2) is 34.1 Å². The second kappa shape index (κ2) is 6.93. The summed E-state index contributed by atoms with van der Waals surface area (Å²) in [7, 11) is 0. The van der Waals surface area contributed by atoms with Gasteiger partial charge in [0.2, 0.25) is 0 Å². The van der Waals surface area contributed by atoms with Gasteiger partial charge in [-0.05, 0) is 25.0 Å². The molecule has 1 aliphatic rings. The number of aromatic amines is 1. The highest BCUT2D eigenvalue weighted by molar-refractivity contribution is 8.13. The van der Waals surface area contributed by atoms with Gasteiger partial charge in [0.1, 0.15) is 5.82 Å². The lowest BCUT2D eigenvalue weighted by Crippen LogP contribution is -2.16. The summed E-state index contributed by atoms with van der Waals surface area (Å²) in [6.45, 7) is 1.41. The molecule has 0 radical (unpaired) electrons. The Hall–Kier alpha value is -1.86. The van der Waals surface area contributed by atoms with Crippen LogP contribution in [0.1, 0.15) is 18.7 Å². The Balaban J connectivity index is 1.63. The van der Waals surface area contributed by atoms with Crippen LogP contribution in [-0.2, 0) is 10.5 Å². The number of nitrogens with two attached hydrogens (primary N) is 1. The van der Waals surface area contributed by atoms with Gasteiger partial charge in [0, 0.05) is 6.61 Å². The lowest BCUT2D eigenvalue weighted by Gasteiger charge is -2.06. The molecule has 116 valence electrons. The number of nitrogens with zero attached hydrogens (tertiary/aromatic N) is 2. The monoisotopic (exact) mass is 318 g/mol. The minimum Gasteiger partial charge on any atom is -0.379 e. The fourth-order valence-electron chi connectivity index (χ4n) is 2.37. The fraction of sp³-hybridized carbons (Fsp3) is 0.400. The summed E-state index contributed by atoms with van der Waals surface area (Å²) in [5.74, 6) is 1.09. The van der Waals surface area contributed by atoms with Crippen LogP contribution in [0.3, 0.4) is 0 Å². The van der Waals surface area contributed by atoms with Crippen molar-refractivity contribution in [3.8, 4) is 0 Å². The molecule has 0 aliphatic carbocycles. The summed E-state index contributed by atoms with van der Waals surface area (Å²) in [6, 6.07) is 7.27. The molecule has 7 heteroatoms. The van der Waals surface area contributed by atoms with E-state index in [9.17, 15) is 4.79 Å². The van der Waals surface area contributed by atoms with Gasteiger partial charge in [0.25, 0.3) is 5.56 Å². The molecule has 6 nitrogen and oxygen atoms in total. The maximum absolute atomic E-state index is 12.0. The average molecular weight is 318 g/mol. The molecule has 2 aromatic rings. The number of H-pyrrole nitrogens is 1. The third-order valence-electron chi connectivity index (χ3n) is 3.49. The van der Waals surface area contributed by atoms with E-state index in [4.69, 9.17) is 10.5 Å². The van der Waals surface area contributed by atoms with E-state index in [0.29, 0.717) is 34.2 Å². The zero-order valence-electron chi connectivity index (χ0n) is 12.1. The molecule has 0 amide bonds. The number of ether oxygens (including phenoxy) is 1. The predicted molar refractivity (Wildman–Crippen MR) is 89.1 cm³/mol. The van der Waals surface area contributed by atoms with Crippen molar-refractivity contribution in [1.82, 2.24) is 9.97 Å². The number of hydrogen-bond donors (Lipinski definition) is 2. The van der Waals surface area contributed by atoms with Crippen molar-refractivity contribution in [2.75, 3.05) is 13.2 Å².